The van der Waals surface area contributed by atoms with Gasteiger partial charge in [-0.15, -0.1) is 0 Å². The first kappa shape index (κ1) is 25.1. The number of hydrogen-bond acceptors (Lipinski definition) is 6. The van der Waals surface area contributed by atoms with Crippen molar-refractivity contribution in [1.82, 2.24) is 9.62 Å². The Kier molecular flexibility index (Phi) is 8.45. The fraction of sp³-hybridized carbons (Fsp3) is 0.435. The van der Waals surface area contributed by atoms with Crippen LogP contribution in [-0.2, 0) is 21.4 Å². The van der Waals surface area contributed by atoms with Crippen LogP contribution in [0, 0.1) is 5.92 Å². The third kappa shape index (κ3) is 5.90. The smallest absolute Gasteiger partial charge is 0.246 e. The summed E-state index contributed by atoms with van der Waals surface area (Å²) in [5.74, 6) is 0.782. The molecule has 3 rings (SSSR count). The molecular weight excluding hydrogens is 468 g/mol. The summed E-state index contributed by atoms with van der Waals surface area (Å²) in [7, 11) is -0.766. The number of ether oxygens (including phenoxy) is 3. The van der Waals surface area contributed by atoms with Crippen LogP contribution in [0.2, 0.25) is 5.02 Å². The normalized spacial score (nSPS) is 16.8. The Labute approximate surface area is 199 Å². The molecule has 0 radical (unpaired) electrons. The number of piperidine rings is 1. The first-order valence-corrected chi connectivity index (χ1v) is 12.5. The van der Waals surface area contributed by atoms with Crippen LogP contribution < -0.4 is 19.5 Å². The molecule has 0 bridgehead atoms. The number of carbonyl (C=O) groups excluding carboxylic acids is 1. The molecule has 33 heavy (non-hydrogen) atoms. The van der Waals surface area contributed by atoms with Crippen LogP contribution in [0.1, 0.15) is 25.3 Å². The van der Waals surface area contributed by atoms with Crippen molar-refractivity contribution in [3.63, 3.8) is 0 Å². The van der Waals surface area contributed by atoms with Gasteiger partial charge in [-0.3, -0.25) is 4.79 Å². The largest absolute Gasteiger partial charge is 0.493 e. The third-order valence-electron chi connectivity index (χ3n) is 5.49. The second-order valence-corrected chi connectivity index (χ2v) is 9.98. The molecule has 1 aliphatic heterocycles. The van der Waals surface area contributed by atoms with Gasteiger partial charge in [0.25, 0.3) is 0 Å². The minimum atomic E-state index is -3.87. The first-order valence-electron chi connectivity index (χ1n) is 10.7. The van der Waals surface area contributed by atoms with Gasteiger partial charge >= 0.3 is 0 Å². The molecule has 0 aliphatic carbocycles. The predicted octanol–water partition coefficient (Wildman–Crippen LogP) is 3.47. The Morgan fingerprint density at radius 3 is 2.55 bits per heavy atom. The summed E-state index contributed by atoms with van der Waals surface area (Å²) in [6.45, 7) is 2.83. The lowest BCUT2D eigenvalue weighted by Gasteiger charge is -2.31. The Balaban J connectivity index is 1.70. The number of nitrogens with one attached hydrogen (secondary N) is 1. The quantitative estimate of drug-likeness (QED) is 0.571. The van der Waals surface area contributed by atoms with E-state index >= 15 is 0 Å². The molecule has 1 saturated heterocycles. The molecule has 1 aliphatic rings. The first-order chi connectivity index (χ1) is 15.8. The maximum atomic E-state index is 13.3. The Hall–Kier alpha value is -2.49. The molecule has 1 N–H and O–H groups in total. The molecule has 0 saturated carbocycles. The van der Waals surface area contributed by atoms with Crippen LogP contribution in [-0.4, -0.2) is 52.5 Å². The molecule has 2 aromatic rings. The fourth-order valence-electron chi connectivity index (χ4n) is 3.80. The van der Waals surface area contributed by atoms with Crippen molar-refractivity contribution in [3.05, 3.63) is 47.0 Å². The number of hydrogen-bond donors (Lipinski definition) is 1. The standard InChI is InChI=1S/C23H29ClN2O6S/c1-4-32-20-10-8-18(24)13-22(20)33(28,29)26-11-5-6-17(15-26)23(27)25-14-16-7-9-19(30-2)21(12-16)31-3/h7-10,12-13,17H,4-6,11,14-15H2,1-3H3,(H,25,27)/t17-/m0/s1. The van der Waals surface area contributed by atoms with Gasteiger partial charge < -0.3 is 19.5 Å². The number of halogens is 1. The lowest BCUT2D eigenvalue weighted by atomic mass is 9.98. The molecule has 2 aromatic carbocycles. The lowest BCUT2D eigenvalue weighted by molar-refractivity contribution is -0.126. The van der Waals surface area contributed by atoms with Crippen LogP contribution in [0.5, 0.6) is 17.2 Å². The molecule has 1 fully saturated rings. The van der Waals surface area contributed by atoms with E-state index in [1.165, 1.54) is 10.4 Å². The molecule has 1 amide bonds. The molecule has 8 nitrogen and oxygen atoms in total. The number of amides is 1. The van der Waals surface area contributed by atoms with Gasteiger partial charge in [-0.05, 0) is 55.7 Å². The number of sulfonamides is 1. The zero-order valence-corrected chi connectivity index (χ0v) is 20.5. The van der Waals surface area contributed by atoms with Gasteiger partial charge in [0.05, 0.1) is 26.7 Å². The summed E-state index contributed by atoms with van der Waals surface area (Å²) < 4.78 is 44.1. The van der Waals surface area contributed by atoms with Gasteiger partial charge in [-0.25, -0.2) is 8.42 Å². The van der Waals surface area contributed by atoms with Crippen molar-refractivity contribution in [2.24, 2.45) is 5.92 Å². The molecule has 180 valence electrons. The fourth-order valence-corrected chi connectivity index (χ4v) is 5.71. The van der Waals surface area contributed by atoms with E-state index in [9.17, 15) is 13.2 Å². The van der Waals surface area contributed by atoms with E-state index in [1.54, 1.807) is 45.4 Å². The van der Waals surface area contributed by atoms with Crippen molar-refractivity contribution in [2.45, 2.75) is 31.2 Å². The van der Waals surface area contributed by atoms with E-state index in [0.717, 1.165) is 5.56 Å². The molecule has 1 atom stereocenters. The summed E-state index contributed by atoms with van der Waals surface area (Å²) in [4.78, 5) is 12.9. The molecule has 10 heteroatoms. The van der Waals surface area contributed by atoms with Crippen molar-refractivity contribution in [2.75, 3.05) is 33.9 Å². The topological polar surface area (TPSA) is 94.2 Å². The van der Waals surface area contributed by atoms with Crippen LogP contribution in [0.15, 0.2) is 41.3 Å². The van der Waals surface area contributed by atoms with E-state index in [-0.39, 0.29) is 23.1 Å². The average molecular weight is 497 g/mol. The Morgan fingerprint density at radius 2 is 1.85 bits per heavy atom. The van der Waals surface area contributed by atoms with Crippen LogP contribution in [0.3, 0.4) is 0 Å². The summed E-state index contributed by atoms with van der Waals surface area (Å²) in [5, 5.41) is 3.21. The highest BCUT2D eigenvalue weighted by atomic mass is 35.5. The van der Waals surface area contributed by atoms with Gasteiger partial charge in [-0.1, -0.05) is 17.7 Å². The van der Waals surface area contributed by atoms with Crippen molar-refractivity contribution in [3.8, 4) is 17.2 Å². The second-order valence-electron chi connectivity index (χ2n) is 7.63. The minimum absolute atomic E-state index is 0.0169. The van der Waals surface area contributed by atoms with Crippen LogP contribution in [0.25, 0.3) is 0 Å². The molecule has 0 spiro atoms. The summed E-state index contributed by atoms with van der Waals surface area (Å²) in [6.07, 6.45) is 1.19. The van der Waals surface area contributed by atoms with E-state index < -0.39 is 15.9 Å². The SMILES string of the molecule is CCOc1ccc(Cl)cc1S(=O)(=O)N1CCC[C@H](C(=O)NCc2ccc(OC)c(OC)c2)C1. The van der Waals surface area contributed by atoms with Gasteiger partial charge in [0.15, 0.2) is 11.5 Å². The highest BCUT2D eigenvalue weighted by molar-refractivity contribution is 7.89. The summed E-state index contributed by atoms with van der Waals surface area (Å²) in [6, 6.07) is 9.94. The van der Waals surface area contributed by atoms with Gasteiger partial charge in [0, 0.05) is 24.7 Å². The number of benzene rings is 2. The number of nitrogens with zero attached hydrogens (tertiary/aromatic N) is 1. The monoisotopic (exact) mass is 496 g/mol. The molecular formula is C23H29ClN2O6S. The number of rotatable bonds is 9. The number of carbonyl (C=O) groups is 1. The zero-order chi connectivity index (χ0) is 24.0. The van der Waals surface area contributed by atoms with Gasteiger partial charge in [0.2, 0.25) is 15.9 Å². The predicted molar refractivity (Wildman–Crippen MR) is 125 cm³/mol. The Morgan fingerprint density at radius 1 is 1.12 bits per heavy atom. The third-order valence-corrected chi connectivity index (χ3v) is 7.61. The lowest BCUT2D eigenvalue weighted by Crippen LogP contribution is -2.45. The molecule has 1 heterocycles. The zero-order valence-electron chi connectivity index (χ0n) is 19.0. The van der Waals surface area contributed by atoms with E-state index in [0.29, 0.717) is 49.1 Å². The van der Waals surface area contributed by atoms with Gasteiger partial charge in [0.1, 0.15) is 10.6 Å². The summed E-state index contributed by atoms with van der Waals surface area (Å²) >= 11 is 6.06. The Bertz CT molecular complexity index is 1090. The highest BCUT2D eigenvalue weighted by Gasteiger charge is 2.35. The minimum Gasteiger partial charge on any atom is -0.493 e. The van der Waals surface area contributed by atoms with E-state index in [4.69, 9.17) is 25.8 Å². The van der Waals surface area contributed by atoms with Crippen LogP contribution >= 0.6 is 11.6 Å². The van der Waals surface area contributed by atoms with Crippen molar-refractivity contribution < 1.29 is 27.4 Å². The van der Waals surface area contributed by atoms with E-state index in [2.05, 4.69) is 5.32 Å². The van der Waals surface area contributed by atoms with Crippen molar-refractivity contribution in [1.29, 1.82) is 0 Å². The average Bonchev–Trinajstić information content (AvgIpc) is 2.83. The van der Waals surface area contributed by atoms with Crippen LogP contribution in [0.4, 0.5) is 0 Å². The molecule has 0 aromatic heterocycles. The molecule has 0 unspecified atom stereocenters. The maximum Gasteiger partial charge on any atom is 0.246 e. The van der Waals surface area contributed by atoms with E-state index in [1.807, 2.05) is 6.07 Å². The summed E-state index contributed by atoms with van der Waals surface area (Å²) in [5.41, 5.74) is 0.849. The maximum absolute atomic E-state index is 13.3. The second kappa shape index (κ2) is 11.1. The number of methoxy groups -OCH3 is 2. The van der Waals surface area contributed by atoms with Gasteiger partial charge in [-0.2, -0.15) is 4.31 Å². The van der Waals surface area contributed by atoms with Crippen molar-refractivity contribution >= 4 is 27.5 Å². The highest BCUT2D eigenvalue weighted by Crippen LogP contribution is 2.32.